The van der Waals surface area contributed by atoms with Gasteiger partial charge in [0.1, 0.15) is 5.75 Å². The fourth-order valence-corrected chi connectivity index (χ4v) is 1.90. The van der Waals surface area contributed by atoms with Crippen molar-refractivity contribution in [3.8, 4) is 5.75 Å². The molecule has 2 rings (SSSR count). The maximum atomic E-state index is 5.81. The standard InChI is InChI=1S/C12H12BrN3O/c1-17-10-5-8(13)4-9(6-10)16-12-2-3-15-7-11(12)14/h2-7H,14H2,1H3,(H,15,16). The van der Waals surface area contributed by atoms with E-state index in [2.05, 4.69) is 26.2 Å². The summed E-state index contributed by atoms with van der Waals surface area (Å²) in [6.45, 7) is 0. The van der Waals surface area contributed by atoms with Gasteiger partial charge in [-0.05, 0) is 18.2 Å². The highest BCUT2D eigenvalue weighted by molar-refractivity contribution is 9.10. The van der Waals surface area contributed by atoms with Crippen LogP contribution in [0.3, 0.4) is 0 Å². The molecule has 0 radical (unpaired) electrons. The number of ether oxygens (including phenoxy) is 1. The van der Waals surface area contributed by atoms with Crippen molar-refractivity contribution in [3.05, 3.63) is 41.1 Å². The highest BCUT2D eigenvalue weighted by Gasteiger charge is 2.02. The Bertz CT molecular complexity index is 531. The van der Waals surface area contributed by atoms with E-state index in [4.69, 9.17) is 10.5 Å². The van der Waals surface area contributed by atoms with Crippen molar-refractivity contribution in [1.29, 1.82) is 0 Å². The summed E-state index contributed by atoms with van der Waals surface area (Å²) >= 11 is 3.42. The number of pyridine rings is 1. The zero-order valence-electron chi connectivity index (χ0n) is 9.27. The number of halogens is 1. The van der Waals surface area contributed by atoms with Crippen LogP contribution in [-0.4, -0.2) is 12.1 Å². The first-order chi connectivity index (χ1) is 8.19. The van der Waals surface area contributed by atoms with Crippen molar-refractivity contribution in [1.82, 2.24) is 4.98 Å². The van der Waals surface area contributed by atoms with Crippen molar-refractivity contribution in [2.75, 3.05) is 18.2 Å². The summed E-state index contributed by atoms with van der Waals surface area (Å²) in [5, 5.41) is 3.21. The second kappa shape index (κ2) is 5.05. The number of nitrogens with zero attached hydrogens (tertiary/aromatic N) is 1. The van der Waals surface area contributed by atoms with Crippen molar-refractivity contribution in [2.45, 2.75) is 0 Å². The SMILES string of the molecule is COc1cc(Br)cc(Nc2ccncc2N)c1. The first-order valence-corrected chi connectivity index (χ1v) is 5.79. The van der Waals surface area contributed by atoms with E-state index < -0.39 is 0 Å². The summed E-state index contributed by atoms with van der Waals surface area (Å²) in [5.41, 5.74) is 8.13. The minimum atomic E-state index is 0.603. The highest BCUT2D eigenvalue weighted by atomic mass is 79.9. The van der Waals surface area contributed by atoms with Crippen LogP contribution in [0.15, 0.2) is 41.1 Å². The van der Waals surface area contributed by atoms with Gasteiger partial charge in [-0.3, -0.25) is 4.98 Å². The molecule has 3 N–H and O–H groups in total. The van der Waals surface area contributed by atoms with E-state index in [9.17, 15) is 0 Å². The average molecular weight is 294 g/mol. The van der Waals surface area contributed by atoms with E-state index in [1.54, 1.807) is 19.5 Å². The molecule has 4 nitrogen and oxygen atoms in total. The zero-order valence-corrected chi connectivity index (χ0v) is 10.9. The number of nitrogen functional groups attached to an aromatic ring is 1. The number of nitrogens with one attached hydrogen (secondary N) is 1. The maximum Gasteiger partial charge on any atom is 0.122 e. The third-order valence-corrected chi connectivity index (χ3v) is 2.70. The van der Waals surface area contributed by atoms with E-state index in [-0.39, 0.29) is 0 Å². The summed E-state index contributed by atoms with van der Waals surface area (Å²) < 4.78 is 6.13. The van der Waals surface area contributed by atoms with Crippen LogP contribution in [0.4, 0.5) is 17.1 Å². The van der Waals surface area contributed by atoms with Crippen LogP contribution >= 0.6 is 15.9 Å². The van der Waals surface area contributed by atoms with Crippen LogP contribution in [0.25, 0.3) is 0 Å². The average Bonchev–Trinajstić information content (AvgIpc) is 2.31. The van der Waals surface area contributed by atoms with Crippen LogP contribution in [-0.2, 0) is 0 Å². The summed E-state index contributed by atoms with van der Waals surface area (Å²) in [6.07, 6.45) is 3.30. The second-order valence-corrected chi connectivity index (χ2v) is 4.38. The van der Waals surface area contributed by atoms with E-state index in [1.807, 2.05) is 24.3 Å². The van der Waals surface area contributed by atoms with Gasteiger partial charge in [0.2, 0.25) is 0 Å². The summed E-state index contributed by atoms with van der Waals surface area (Å²) in [7, 11) is 1.63. The van der Waals surface area contributed by atoms with Gasteiger partial charge >= 0.3 is 0 Å². The Labute approximate surface area is 108 Å². The Hall–Kier alpha value is -1.75. The molecule has 5 heteroatoms. The molecule has 2 aromatic rings. The quantitative estimate of drug-likeness (QED) is 0.912. The third kappa shape index (κ3) is 2.88. The zero-order chi connectivity index (χ0) is 12.3. The summed E-state index contributed by atoms with van der Waals surface area (Å²) in [6, 6.07) is 7.55. The van der Waals surface area contributed by atoms with E-state index in [1.165, 1.54) is 0 Å². The summed E-state index contributed by atoms with van der Waals surface area (Å²) in [4.78, 5) is 3.94. The Morgan fingerprint density at radius 2 is 2.18 bits per heavy atom. The van der Waals surface area contributed by atoms with Gasteiger partial charge in [0, 0.05) is 22.4 Å². The van der Waals surface area contributed by atoms with E-state index in [0.717, 1.165) is 21.6 Å². The van der Waals surface area contributed by atoms with E-state index >= 15 is 0 Å². The third-order valence-electron chi connectivity index (χ3n) is 2.24. The normalized spacial score (nSPS) is 10.0. The smallest absolute Gasteiger partial charge is 0.122 e. The molecule has 0 aliphatic carbocycles. The fraction of sp³-hybridized carbons (Fsp3) is 0.0833. The van der Waals surface area contributed by atoms with Crippen LogP contribution < -0.4 is 15.8 Å². The monoisotopic (exact) mass is 293 g/mol. The Morgan fingerprint density at radius 3 is 2.88 bits per heavy atom. The number of nitrogens with two attached hydrogens (primary N) is 1. The molecule has 1 heterocycles. The van der Waals surface area contributed by atoms with Gasteiger partial charge in [0.25, 0.3) is 0 Å². The molecular weight excluding hydrogens is 282 g/mol. The van der Waals surface area contributed by atoms with Crippen LogP contribution in [0.5, 0.6) is 5.75 Å². The number of hydrogen-bond donors (Lipinski definition) is 2. The molecule has 1 aromatic carbocycles. The number of hydrogen-bond acceptors (Lipinski definition) is 4. The van der Waals surface area contributed by atoms with Crippen molar-refractivity contribution in [2.24, 2.45) is 0 Å². The molecular formula is C12H12BrN3O. The van der Waals surface area contributed by atoms with Crippen molar-refractivity contribution in [3.63, 3.8) is 0 Å². The molecule has 0 fully saturated rings. The van der Waals surface area contributed by atoms with Gasteiger partial charge in [-0.15, -0.1) is 0 Å². The molecule has 1 aromatic heterocycles. The lowest BCUT2D eigenvalue weighted by atomic mass is 10.2. The minimum Gasteiger partial charge on any atom is -0.497 e. The molecule has 0 saturated heterocycles. The number of aromatic nitrogens is 1. The maximum absolute atomic E-state index is 5.81. The van der Waals surface area contributed by atoms with Gasteiger partial charge in [-0.2, -0.15) is 0 Å². The Kier molecular flexibility index (Phi) is 3.49. The molecule has 0 aliphatic rings. The molecule has 0 aliphatic heterocycles. The first-order valence-electron chi connectivity index (χ1n) is 5.00. The largest absolute Gasteiger partial charge is 0.497 e. The fourth-order valence-electron chi connectivity index (χ4n) is 1.43. The lowest BCUT2D eigenvalue weighted by Crippen LogP contribution is -1.97. The van der Waals surface area contributed by atoms with Crippen LogP contribution in [0.2, 0.25) is 0 Å². The lowest BCUT2D eigenvalue weighted by molar-refractivity contribution is 0.415. The first kappa shape index (κ1) is 11.7. The summed E-state index contributed by atoms with van der Waals surface area (Å²) in [5.74, 6) is 0.773. The minimum absolute atomic E-state index is 0.603. The molecule has 0 saturated carbocycles. The van der Waals surface area contributed by atoms with Gasteiger partial charge < -0.3 is 15.8 Å². The molecule has 0 unspecified atom stereocenters. The topological polar surface area (TPSA) is 60.2 Å². The van der Waals surface area contributed by atoms with Crippen LogP contribution in [0, 0.1) is 0 Å². The molecule has 0 spiro atoms. The van der Waals surface area contributed by atoms with Gasteiger partial charge in [0.15, 0.2) is 0 Å². The van der Waals surface area contributed by atoms with Gasteiger partial charge in [-0.25, -0.2) is 0 Å². The van der Waals surface area contributed by atoms with Crippen molar-refractivity contribution < 1.29 is 4.74 Å². The number of benzene rings is 1. The predicted octanol–water partition coefficient (Wildman–Crippen LogP) is 3.18. The second-order valence-electron chi connectivity index (χ2n) is 3.47. The molecule has 88 valence electrons. The number of anilines is 3. The van der Waals surface area contributed by atoms with Gasteiger partial charge in [0.05, 0.1) is 24.7 Å². The van der Waals surface area contributed by atoms with Gasteiger partial charge in [-0.1, -0.05) is 15.9 Å². The molecule has 17 heavy (non-hydrogen) atoms. The predicted molar refractivity (Wildman–Crippen MR) is 72.6 cm³/mol. The lowest BCUT2D eigenvalue weighted by Gasteiger charge is -2.10. The number of rotatable bonds is 3. The van der Waals surface area contributed by atoms with E-state index in [0.29, 0.717) is 5.69 Å². The molecule has 0 bridgehead atoms. The number of methoxy groups -OCH3 is 1. The van der Waals surface area contributed by atoms with Crippen LogP contribution in [0.1, 0.15) is 0 Å². The molecule has 0 amide bonds. The highest BCUT2D eigenvalue weighted by Crippen LogP contribution is 2.28. The van der Waals surface area contributed by atoms with Crippen molar-refractivity contribution >= 4 is 33.0 Å². The Balaban J connectivity index is 2.30. The molecule has 0 atom stereocenters. The Morgan fingerprint density at radius 1 is 1.35 bits per heavy atom.